The molecule has 1 N–H and O–H groups in total. The fraction of sp³-hybridized carbons (Fsp3) is 0.211. The number of rotatable bonds is 4. The average Bonchev–Trinajstić information content (AvgIpc) is 2.84. The first-order valence-corrected chi connectivity index (χ1v) is 7.54. The van der Waals surface area contributed by atoms with Gasteiger partial charge in [0, 0.05) is 11.2 Å². The summed E-state index contributed by atoms with van der Waals surface area (Å²) in [4.78, 5) is 12.4. The lowest BCUT2D eigenvalue weighted by Crippen LogP contribution is -2.30. The van der Waals surface area contributed by atoms with Crippen LogP contribution >= 0.6 is 0 Å². The second kappa shape index (κ2) is 6.06. The van der Waals surface area contributed by atoms with Crippen molar-refractivity contribution in [3.05, 3.63) is 71.9 Å². The molecule has 3 rings (SSSR count). The van der Waals surface area contributed by atoms with Gasteiger partial charge in [-0.15, -0.1) is 0 Å². The molecule has 0 aliphatic heterocycles. The standard InChI is InChI=1S/C19H20N2O/c1-14-12-17-10-6-7-11-18(17)21(14)13-19(22)20-15(2)16-8-4-3-5-9-16/h3-12,15H,13H2,1-2H3,(H,20,22). The summed E-state index contributed by atoms with van der Waals surface area (Å²) in [6.07, 6.45) is 0. The highest BCUT2D eigenvalue weighted by molar-refractivity contribution is 5.84. The van der Waals surface area contributed by atoms with Gasteiger partial charge in [0.2, 0.25) is 5.91 Å². The summed E-state index contributed by atoms with van der Waals surface area (Å²) in [5, 5.41) is 4.24. The zero-order valence-electron chi connectivity index (χ0n) is 12.9. The van der Waals surface area contributed by atoms with Crippen molar-refractivity contribution in [2.45, 2.75) is 26.4 Å². The van der Waals surface area contributed by atoms with E-state index in [1.54, 1.807) is 0 Å². The number of carbonyl (C=O) groups excluding carboxylic acids is 1. The maximum absolute atomic E-state index is 12.4. The summed E-state index contributed by atoms with van der Waals surface area (Å²) in [5.74, 6) is 0.0285. The molecule has 0 radical (unpaired) electrons. The Morgan fingerprint density at radius 1 is 1.09 bits per heavy atom. The van der Waals surface area contributed by atoms with Gasteiger partial charge in [-0.2, -0.15) is 0 Å². The minimum Gasteiger partial charge on any atom is -0.348 e. The lowest BCUT2D eigenvalue weighted by atomic mass is 10.1. The van der Waals surface area contributed by atoms with E-state index in [2.05, 4.69) is 28.1 Å². The van der Waals surface area contributed by atoms with Gasteiger partial charge in [-0.25, -0.2) is 0 Å². The van der Waals surface area contributed by atoms with Gasteiger partial charge in [-0.3, -0.25) is 4.79 Å². The molecule has 0 saturated heterocycles. The second-order valence-electron chi connectivity index (χ2n) is 5.63. The van der Waals surface area contributed by atoms with Crippen LogP contribution in [0, 0.1) is 6.92 Å². The van der Waals surface area contributed by atoms with E-state index in [0.717, 1.165) is 16.8 Å². The van der Waals surface area contributed by atoms with Crippen LogP contribution in [0.4, 0.5) is 0 Å². The first kappa shape index (κ1) is 14.4. The van der Waals surface area contributed by atoms with Crippen molar-refractivity contribution in [3.8, 4) is 0 Å². The third kappa shape index (κ3) is 2.89. The number of benzene rings is 2. The molecule has 3 heteroatoms. The number of amides is 1. The molecule has 22 heavy (non-hydrogen) atoms. The van der Waals surface area contributed by atoms with Gasteiger partial charge in [-0.1, -0.05) is 48.5 Å². The summed E-state index contributed by atoms with van der Waals surface area (Å²) in [7, 11) is 0. The van der Waals surface area contributed by atoms with Crippen LogP contribution in [0.15, 0.2) is 60.7 Å². The Labute approximate surface area is 130 Å². The van der Waals surface area contributed by atoms with Crippen LogP contribution in [0.25, 0.3) is 10.9 Å². The van der Waals surface area contributed by atoms with Gasteiger partial charge in [0.15, 0.2) is 0 Å². The number of aromatic nitrogens is 1. The zero-order chi connectivity index (χ0) is 15.5. The topological polar surface area (TPSA) is 34.0 Å². The van der Waals surface area contributed by atoms with Gasteiger partial charge >= 0.3 is 0 Å². The summed E-state index contributed by atoms with van der Waals surface area (Å²) < 4.78 is 2.06. The number of hydrogen-bond donors (Lipinski definition) is 1. The van der Waals surface area contributed by atoms with Gasteiger partial charge < -0.3 is 9.88 Å². The van der Waals surface area contributed by atoms with E-state index < -0.39 is 0 Å². The fourth-order valence-electron chi connectivity index (χ4n) is 2.81. The predicted molar refractivity (Wildman–Crippen MR) is 89.7 cm³/mol. The Hall–Kier alpha value is -2.55. The predicted octanol–water partition coefficient (Wildman–Crippen LogP) is 3.83. The van der Waals surface area contributed by atoms with Crippen LogP contribution in [-0.4, -0.2) is 10.5 Å². The van der Waals surface area contributed by atoms with E-state index in [1.165, 1.54) is 5.39 Å². The second-order valence-corrected chi connectivity index (χ2v) is 5.63. The molecule has 0 bridgehead atoms. The molecule has 1 atom stereocenters. The maximum atomic E-state index is 12.4. The number of nitrogens with one attached hydrogen (secondary N) is 1. The number of carbonyl (C=O) groups is 1. The SMILES string of the molecule is Cc1cc2ccccc2n1CC(=O)NC(C)c1ccccc1. The van der Waals surface area contributed by atoms with Gasteiger partial charge in [0.1, 0.15) is 6.54 Å². The van der Waals surface area contributed by atoms with E-state index in [1.807, 2.05) is 56.3 Å². The third-order valence-corrected chi connectivity index (χ3v) is 4.00. The van der Waals surface area contributed by atoms with E-state index >= 15 is 0 Å². The lowest BCUT2D eigenvalue weighted by Gasteiger charge is -2.15. The van der Waals surface area contributed by atoms with Crippen LogP contribution in [0.3, 0.4) is 0 Å². The van der Waals surface area contributed by atoms with Crippen LogP contribution in [0.5, 0.6) is 0 Å². The molecule has 112 valence electrons. The molecule has 0 spiro atoms. The van der Waals surface area contributed by atoms with Crippen molar-refractivity contribution in [3.63, 3.8) is 0 Å². The number of fused-ring (bicyclic) bond motifs is 1. The summed E-state index contributed by atoms with van der Waals surface area (Å²) in [6.45, 7) is 4.39. The van der Waals surface area contributed by atoms with Crippen molar-refractivity contribution < 1.29 is 4.79 Å². The number of para-hydroxylation sites is 1. The average molecular weight is 292 g/mol. The van der Waals surface area contributed by atoms with Gasteiger partial charge in [0.05, 0.1) is 6.04 Å². The minimum atomic E-state index is 0.0100. The third-order valence-electron chi connectivity index (χ3n) is 4.00. The Bertz CT molecular complexity index is 790. The van der Waals surface area contributed by atoms with Gasteiger partial charge in [-0.05, 0) is 36.9 Å². The molecule has 3 aromatic rings. The highest BCUT2D eigenvalue weighted by Crippen LogP contribution is 2.19. The molecular weight excluding hydrogens is 272 g/mol. The van der Waals surface area contributed by atoms with Crippen LogP contribution in [-0.2, 0) is 11.3 Å². The molecule has 0 aliphatic rings. The Kier molecular flexibility index (Phi) is 3.96. The Morgan fingerprint density at radius 2 is 1.77 bits per heavy atom. The monoisotopic (exact) mass is 292 g/mol. The number of hydrogen-bond acceptors (Lipinski definition) is 1. The largest absolute Gasteiger partial charge is 0.348 e. The maximum Gasteiger partial charge on any atom is 0.240 e. The highest BCUT2D eigenvalue weighted by Gasteiger charge is 2.12. The quantitative estimate of drug-likeness (QED) is 0.779. The van der Waals surface area contributed by atoms with Crippen LogP contribution < -0.4 is 5.32 Å². The normalized spacial score (nSPS) is 12.3. The van der Waals surface area contributed by atoms with Crippen molar-refractivity contribution in [2.24, 2.45) is 0 Å². The van der Waals surface area contributed by atoms with Crippen molar-refractivity contribution in [1.82, 2.24) is 9.88 Å². The molecule has 2 aromatic carbocycles. The fourth-order valence-corrected chi connectivity index (χ4v) is 2.81. The molecule has 0 saturated carbocycles. The molecule has 3 nitrogen and oxygen atoms in total. The van der Waals surface area contributed by atoms with Crippen LogP contribution in [0.1, 0.15) is 24.2 Å². The van der Waals surface area contributed by atoms with E-state index in [0.29, 0.717) is 6.54 Å². The molecule has 1 unspecified atom stereocenters. The summed E-state index contributed by atoms with van der Waals surface area (Å²) in [5.41, 5.74) is 3.32. The summed E-state index contributed by atoms with van der Waals surface area (Å²) >= 11 is 0. The molecular formula is C19H20N2O. The van der Waals surface area contributed by atoms with E-state index in [4.69, 9.17) is 0 Å². The smallest absolute Gasteiger partial charge is 0.240 e. The summed E-state index contributed by atoms with van der Waals surface area (Å²) in [6, 6.07) is 20.3. The van der Waals surface area contributed by atoms with Crippen molar-refractivity contribution in [2.75, 3.05) is 0 Å². The zero-order valence-corrected chi connectivity index (χ0v) is 12.9. The first-order valence-electron chi connectivity index (χ1n) is 7.54. The lowest BCUT2D eigenvalue weighted by molar-refractivity contribution is -0.122. The molecule has 0 aliphatic carbocycles. The van der Waals surface area contributed by atoms with Crippen molar-refractivity contribution in [1.29, 1.82) is 0 Å². The van der Waals surface area contributed by atoms with Crippen LogP contribution in [0.2, 0.25) is 0 Å². The molecule has 1 amide bonds. The first-order chi connectivity index (χ1) is 10.6. The molecule has 1 aromatic heterocycles. The van der Waals surface area contributed by atoms with Crippen molar-refractivity contribution >= 4 is 16.8 Å². The Balaban J connectivity index is 1.75. The number of nitrogens with zero attached hydrogens (tertiary/aromatic N) is 1. The minimum absolute atomic E-state index is 0.0100. The molecule has 0 fully saturated rings. The molecule has 1 heterocycles. The highest BCUT2D eigenvalue weighted by atomic mass is 16.2. The van der Waals surface area contributed by atoms with E-state index in [-0.39, 0.29) is 11.9 Å². The number of aryl methyl sites for hydroxylation is 1. The van der Waals surface area contributed by atoms with E-state index in [9.17, 15) is 4.79 Å². The Morgan fingerprint density at radius 3 is 2.55 bits per heavy atom. The van der Waals surface area contributed by atoms with Gasteiger partial charge in [0.25, 0.3) is 0 Å².